The Kier molecular flexibility index (Phi) is 11.7. The average molecular weight is 862 g/mol. The van der Waals surface area contributed by atoms with Gasteiger partial charge in [0.05, 0.1) is 0 Å². The summed E-state index contributed by atoms with van der Waals surface area (Å²) in [7, 11) is 0. The number of amides is 2. The molecule has 12 nitrogen and oxygen atoms in total. The van der Waals surface area contributed by atoms with Crippen molar-refractivity contribution >= 4 is 41.0 Å². The predicted octanol–water partition coefficient (Wildman–Crippen LogP) is 8.75. The number of oxazole rings is 1. The number of carboxylic acid groups (broad SMARTS) is 1. The molecule has 0 fully saturated rings. The van der Waals surface area contributed by atoms with Gasteiger partial charge in [-0.05, 0) is 102 Å². The van der Waals surface area contributed by atoms with E-state index in [9.17, 15) is 19.5 Å². The first kappa shape index (κ1) is 41.4. The van der Waals surface area contributed by atoms with Crippen molar-refractivity contribution in [3.8, 4) is 28.4 Å². The van der Waals surface area contributed by atoms with Crippen LogP contribution in [0.3, 0.4) is 0 Å². The molecule has 0 bridgehead atoms. The first-order valence-corrected chi connectivity index (χ1v) is 20.5. The van der Waals surface area contributed by atoms with E-state index in [1.165, 1.54) is 4.90 Å². The lowest BCUT2D eigenvalue weighted by Crippen LogP contribution is -2.56. The SMILES string of the molecule is Cc1nc(C(=O)N2Cc3cc4c(cc3C[C@H]2C(=O)NC(Cc2ccc(-c3ccnc(C)c3C)cc2)C(=O)O)OC[C@H](c2ccc(OCc3ccc(Cl)cc3Cl)cc2)O4)c(C)o1. The second-order valence-electron chi connectivity index (χ2n) is 15.2. The lowest BCUT2D eigenvalue weighted by Gasteiger charge is -2.37. The van der Waals surface area contributed by atoms with E-state index in [-0.39, 0.29) is 38.3 Å². The molecule has 3 atom stereocenters. The summed E-state index contributed by atoms with van der Waals surface area (Å²) in [5, 5.41) is 14.1. The van der Waals surface area contributed by atoms with E-state index in [0.29, 0.717) is 38.9 Å². The number of hydrogen-bond acceptors (Lipinski definition) is 9. The molecule has 61 heavy (non-hydrogen) atoms. The molecular weight excluding hydrogens is 819 g/mol. The highest BCUT2D eigenvalue weighted by atomic mass is 35.5. The number of carboxylic acids is 1. The van der Waals surface area contributed by atoms with Crippen molar-refractivity contribution in [2.75, 3.05) is 6.61 Å². The highest BCUT2D eigenvalue weighted by molar-refractivity contribution is 6.35. The van der Waals surface area contributed by atoms with Crippen LogP contribution in [0.4, 0.5) is 0 Å². The summed E-state index contributed by atoms with van der Waals surface area (Å²) < 4.78 is 24.2. The van der Waals surface area contributed by atoms with E-state index in [0.717, 1.165) is 50.2 Å². The maximum Gasteiger partial charge on any atom is 0.326 e. The van der Waals surface area contributed by atoms with Crippen molar-refractivity contribution in [3.63, 3.8) is 0 Å². The number of hydrogen-bond donors (Lipinski definition) is 2. The zero-order chi connectivity index (χ0) is 42.9. The number of aryl methyl sites for hydroxylation is 3. The van der Waals surface area contributed by atoms with Gasteiger partial charge in [0.15, 0.2) is 29.2 Å². The highest BCUT2D eigenvalue weighted by Crippen LogP contribution is 2.41. The Balaban J connectivity index is 0.994. The molecule has 2 aliphatic rings. The van der Waals surface area contributed by atoms with Gasteiger partial charge in [0, 0.05) is 53.8 Å². The van der Waals surface area contributed by atoms with Gasteiger partial charge in [-0.2, -0.15) is 0 Å². The molecule has 0 saturated carbocycles. The quantitative estimate of drug-likeness (QED) is 0.129. The first-order valence-electron chi connectivity index (χ1n) is 19.7. The summed E-state index contributed by atoms with van der Waals surface area (Å²) in [6, 6.07) is 23.6. The molecule has 2 aromatic heterocycles. The number of pyridine rings is 1. The third-order valence-electron chi connectivity index (χ3n) is 11.2. The van der Waals surface area contributed by atoms with Crippen LogP contribution in [-0.4, -0.2) is 56.4 Å². The molecule has 0 spiro atoms. The monoisotopic (exact) mass is 860 g/mol. The number of aliphatic carboxylic acids is 1. The van der Waals surface area contributed by atoms with Crippen molar-refractivity contribution in [2.45, 2.75) is 71.9 Å². The summed E-state index contributed by atoms with van der Waals surface area (Å²) in [5.74, 6) is -0.0664. The lowest BCUT2D eigenvalue weighted by atomic mass is 9.91. The second-order valence-corrected chi connectivity index (χ2v) is 16.1. The van der Waals surface area contributed by atoms with E-state index >= 15 is 0 Å². The van der Waals surface area contributed by atoms with Crippen LogP contribution in [0.25, 0.3) is 11.1 Å². The first-order chi connectivity index (χ1) is 29.3. The molecule has 8 rings (SSSR count). The Bertz CT molecular complexity index is 2650. The minimum Gasteiger partial charge on any atom is -0.489 e. The van der Waals surface area contributed by atoms with Crippen LogP contribution in [-0.2, 0) is 35.6 Å². The van der Waals surface area contributed by atoms with Gasteiger partial charge in [0.2, 0.25) is 5.91 Å². The Hall–Kier alpha value is -6.37. The van der Waals surface area contributed by atoms with Gasteiger partial charge in [0.1, 0.15) is 36.8 Å². The Morgan fingerprint density at radius 2 is 1.69 bits per heavy atom. The van der Waals surface area contributed by atoms with Gasteiger partial charge in [-0.25, -0.2) is 9.78 Å². The third-order valence-corrected chi connectivity index (χ3v) is 11.7. The van der Waals surface area contributed by atoms with Crippen LogP contribution in [0.1, 0.15) is 67.3 Å². The van der Waals surface area contributed by atoms with Crippen molar-refractivity contribution in [1.29, 1.82) is 0 Å². The van der Waals surface area contributed by atoms with Gasteiger partial charge >= 0.3 is 5.97 Å². The number of carbonyl (C=O) groups excluding carboxylic acids is 2. The van der Waals surface area contributed by atoms with Crippen molar-refractivity contribution in [3.05, 3.63) is 158 Å². The summed E-state index contributed by atoms with van der Waals surface area (Å²) in [6.07, 6.45) is 1.45. The van der Waals surface area contributed by atoms with E-state index in [1.54, 1.807) is 32.2 Å². The van der Waals surface area contributed by atoms with Crippen molar-refractivity contribution in [2.24, 2.45) is 0 Å². The number of ether oxygens (including phenoxy) is 3. The van der Waals surface area contributed by atoms with Crippen LogP contribution in [0.5, 0.6) is 17.2 Å². The molecule has 0 aliphatic carbocycles. The molecule has 0 saturated heterocycles. The largest absolute Gasteiger partial charge is 0.489 e. The molecule has 6 aromatic rings. The molecule has 1 unspecified atom stereocenters. The van der Waals surface area contributed by atoms with Gasteiger partial charge < -0.3 is 34.0 Å². The van der Waals surface area contributed by atoms with Crippen LogP contribution >= 0.6 is 23.2 Å². The molecule has 2 N–H and O–H groups in total. The Morgan fingerprint density at radius 1 is 0.934 bits per heavy atom. The second kappa shape index (κ2) is 17.3. The number of fused-ring (bicyclic) bond motifs is 2. The van der Waals surface area contributed by atoms with Crippen LogP contribution in [0.15, 0.2) is 95.5 Å². The van der Waals surface area contributed by atoms with Crippen LogP contribution in [0, 0.1) is 27.7 Å². The summed E-state index contributed by atoms with van der Waals surface area (Å²) in [6.45, 7) is 7.77. The van der Waals surface area contributed by atoms with E-state index in [4.69, 9.17) is 41.8 Å². The summed E-state index contributed by atoms with van der Waals surface area (Å²) in [5.41, 5.74) is 8.00. The fraction of sp³-hybridized carbons (Fsp3) is 0.255. The fourth-order valence-corrected chi connectivity index (χ4v) is 8.15. The van der Waals surface area contributed by atoms with E-state index < -0.39 is 36.0 Å². The highest BCUT2D eigenvalue weighted by Gasteiger charge is 2.39. The molecule has 14 heteroatoms. The number of benzene rings is 4. The third kappa shape index (κ3) is 8.92. The normalized spacial score (nSPS) is 16.1. The topological polar surface area (TPSA) is 153 Å². The number of aromatic nitrogens is 2. The number of rotatable bonds is 11. The number of carbonyl (C=O) groups is 3. The fourth-order valence-electron chi connectivity index (χ4n) is 7.68. The Labute approximate surface area is 362 Å². The maximum absolute atomic E-state index is 14.2. The standard InChI is InChI=1S/C47H42Cl2N4O8/c1-25-26(2)50-16-15-37(25)30-7-5-29(6-8-30)17-39(47(56)57)52-45(54)40-18-33-19-41-42(20-34(33)22-53(40)46(55)44-27(3)60-28(4)51-44)61-43(24-59-41)31-10-13-36(14-11-31)58-23-32-9-12-35(48)21-38(32)49/h5-16,19-21,39-40,43H,17-18,22-24H2,1-4H3,(H,52,54)(H,56,57)/t39?,40-,43+/m0/s1. The maximum atomic E-state index is 14.2. The van der Waals surface area contributed by atoms with E-state index in [1.807, 2.05) is 86.6 Å². The zero-order valence-corrected chi connectivity index (χ0v) is 35.3. The summed E-state index contributed by atoms with van der Waals surface area (Å²) >= 11 is 12.3. The molecule has 4 heterocycles. The molecule has 2 aliphatic heterocycles. The molecule has 2 amide bonds. The van der Waals surface area contributed by atoms with Crippen LogP contribution < -0.4 is 19.5 Å². The summed E-state index contributed by atoms with van der Waals surface area (Å²) in [4.78, 5) is 51.1. The van der Waals surface area contributed by atoms with Crippen LogP contribution in [0.2, 0.25) is 10.0 Å². The number of nitrogens with one attached hydrogen (secondary N) is 1. The Morgan fingerprint density at radius 3 is 2.39 bits per heavy atom. The molecular formula is C47H42Cl2N4O8. The van der Waals surface area contributed by atoms with Gasteiger partial charge in [-0.1, -0.05) is 65.7 Å². The molecule has 4 aromatic carbocycles. The predicted molar refractivity (Wildman–Crippen MR) is 228 cm³/mol. The van der Waals surface area contributed by atoms with Crippen molar-refractivity contribution in [1.82, 2.24) is 20.2 Å². The molecule has 0 radical (unpaired) electrons. The smallest absolute Gasteiger partial charge is 0.326 e. The minimum atomic E-state index is -1.27. The minimum absolute atomic E-state index is 0.0235. The van der Waals surface area contributed by atoms with Crippen molar-refractivity contribution < 1.29 is 38.1 Å². The molecule has 312 valence electrons. The average Bonchev–Trinajstić information content (AvgIpc) is 3.59. The van der Waals surface area contributed by atoms with E-state index in [2.05, 4.69) is 15.3 Å². The number of halogens is 2. The zero-order valence-electron chi connectivity index (χ0n) is 33.8. The van der Waals surface area contributed by atoms with Gasteiger partial charge in [0.25, 0.3) is 5.91 Å². The lowest BCUT2D eigenvalue weighted by molar-refractivity contribution is -0.142. The van der Waals surface area contributed by atoms with Gasteiger partial charge in [-0.15, -0.1) is 0 Å². The van der Waals surface area contributed by atoms with Gasteiger partial charge in [-0.3, -0.25) is 14.6 Å². The number of nitrogens with zero attached hydrogens (tertiary/aromatic N) is 3.